The van der Waals surface area contributed by atoms with Gasteiger partial charge in [-0.2, -0.15) is 5.26 Å². The molecular weight excluding hydrogens is 246 g/mol. The fourth-order valence-corrected chi connectivity index (χ4v) is 3.56. The topological polar surface area (TPSA) is 41.6 Å². The van der Waals surface area contributed by atoms with Crippen molar-refractivity contribution in [1.82, 2.24) is 9.55 Å². The van der Waals surface area contributed by atoms with Crippen molar-refractivity contribution in [3.05, 3.63) is 40.7 Å². The van der Waals surface area contributed by atoms with Crippen LogP contribution in [-0.4, -0.2) is 9.55 Å². The summed E-state index contributed by atoms with van der Waals surface area (Å²) in [5, 5.41) is 9.28. The van der Waals surface area contributed by atoms with Gasteiger partial charge in [-0.15, -0.1) is 0 Å². The van der Waals surface area contributed by atoms with Crippen LogP contribution in [0.4, 0.5) is 0 Å². The smallest absolute Gasteiger partial charge is 0.162 e. The molecule has 4 rings (SSSR count). The summed E-state index contributed by atoms with van der Waals surface area (Å²) in [4.78, 5) is 4.61. The van der Waals surface area contributed by atoms with Gasteiger partial charge < -0.3 is 4.57 Å². The van der Waals surface area contributed by atoms with Gasteiger partial charge in [0.05, 0.1) is 5.69 Å². The molecular formula is C17H17N3. The van der Waals surface area contributed by atoms with Crippen LogP contribution < -0.4 is 0 Å². The van der Waals surface area contributed by atoms with E-state index in [2.05, 4.69) is 33.8 Å². The van der Waals surface area contributed by atoms with Crippen LogP contribution in [0.15, 0.2) is 18.2 Å². The van der Waals surface area contributed by atoms with Gasteiger partial charge in [-0.3, -0.25) is 0 Å². The Labute approximate surface area is 118 Å². The lowest BCUT2D eigenvalue weighted by Gasteiger charge is -2.17. The first-order valence-electron chi connectivity index (χ1n) is 7.48. The zero-order valence-corrected chi connectivity index (χ0v) is 11.5. The minimum atomic E-state index is 0.625. The molecule has 0 fully saturated rings. The van der Waals surface area contributed by atoms with E-state index in [0.29, 0.717) is 5.69 Å². The molecule has 1 aromatic carbocycles. The lowest BCUT2D eigenvalue weighted by Crippen LogP contribution is -2.11. The van der Waals surface area contributed by atoms with Crippen molar-refractivity contribution in [2.45, 2.75) is 45.1 Å². The van der Waals surface area contributed by atoms with Gasteiger partial charge in [-0.1, -0.05) is 12.1 Å². The summed E-state index contributed by atoms with van der Waals surface area (Å²) < 4.78 is 2.26. The molecule has 3 nitrogen and oxygen atoms in total. The second kappa shape index (κ2) is 4.49. The summed E-state index contributed by atoms with van der Waals surface area (Å²) in [5.41, 5.74) is 5.89. The van der Waals surface area contributed by atoms with E-state index in [0.717, 1.165) is 24.5 Å². The molecule has 1 aliphatic heterocycles. The number of fused-ring (bicyclic) bond motifs is 2. The monoisotopic (exact) mass is 263 g/mol. The number of hydrogen-bond acceptors (Lipinski definition) is 2. The molecule has 1 aliphatic carbocycles. The summed E-state index contributed by atoms with van der Waals surface area (Å²) in [6, 6.07) is 8.97. The summed E-state index contributed by atoms with van der Waals surface area (Å²) in [7, 11) is 0. The van der Waals surface area contributed by atoms with Crippen LogP contribution >= 0.6 is 0 Å². The minimum absolute atomic E-state index is 0.625. The average molecular weight is 263 g/mol. The van der Waals surface area contributed by atoms with Gasteiger partial charge in [0.15, 0.2) is 5.69 Å². The summed E-state index contributed by atoms with van der Waals surface area (Å²) >= 11 is 0. The number of imidazole rings is 1. The van der Waals surface area contributed by atoms with E-state index < -0.39 is 0 Å². The molecule has 20 heavy (non-hydrogen) atoms. The number of aromatic nitrogens is 2. The highest BCUT2D eigenvalue weighted by Gasteiger charge is 2.21. The van der Waals surface area contributed by atoms with E-state index in [1.54, 1.807) is 0 Å². The Morgan fingerprint density at radius 1 is 1.05 bits per heavy atom. The molecule has 3 heteroatoms. The molecule has 0 amide bonds. The summed E-state index contributed by atoms with van der Waals surface area (Å²) in [6.45, 7) is 0.996. The maximum Gasteiger partial charge on any atom is 0.162 e. The molecule has 0 unspecified atom stereocenters. The van der Waals surface area contributed by atoms with Crippen LogP contribution in [0, 0.1) is 11.3 Å². The molecule has 100 valence electrons. The Morgan fingerprint density at radius 3 is 2.85 bits per heavy atom. The molecule has 0 saturated heterocycles. The fourth-order valence-electron chi connectivity index (χ4n) is 3.56. The van der Waals surface area contributed by atoms with Crippen LogP contribution in [0.25, 0.3) is 11.4 Å². The zero-order valence-electron chi connectivity index (χ0n) is 11.5. The Bertz CT molecular complexity index is 719. The maximum absolute atomic E-state index is 9.28. The van der Waals surface area contributed by atoms with Gasteiger partial charge in [0.25, 0.3) is 0 Å². The highest BCUT2D eigenvalue weighted by molar-refractivity contribution is 5.61. The maximum atomic E-state index is 9.28. The van der Waals surface area contributed by atoms with Gasteiger partial charge in [-0.05, 0) is 55.7 Å². The van der Waals surface area contributed by atoms with Crippen molar-refractivity contribution in [3.63, 3.8) is 0 Å². The largest absolute Gasteiger partial charge is 0.327 e. The molecule has 0 spiro atoms. The van der Waals surface area contributed by atoms with Crippen LogP contribution in [0.5, 0.6) is 0 Å². The van der Waals surface area contributed by atoms with Crippen LogP contribution in [0.2, 0.25) is 0 Å². The lowest BCUT2D eigenvalue weighted by molar-refractivity contribution is 0.535. The molecule has 2 aliphatic rings. The van der Waals surface area contributed by atoms with Gasteiger partial charge >= 0.3 is 0 Å². The fraction of sp³-hybridized carbons (Fsp3) is 0.412. The van der Waals surface area contributed by atoms with Gasteiger partial charge in [0.2, 0.25) is 0 Å². The number of nitriles is 1. The predicted octanol–water partition coefficient (Wildman–Crippen LogP) is 3.25. The first-order valence-corrected chi connectivity index (χ1v) is 7.48. The SMILES string of the molecule is N#Cc1nc(-c2ccc3c(c2)CCC3)n2c1CCCC2. The van der Waals surface area contributed by atoms with Crippen LogP contribution in [0.3, 0.4) is 0 Å². The molecule has 0 saturated carbocycles. The molecule has 0 atom stereocenters. The Morgan fingerprint density at radius 2 is 1.95 bits per heavy atom. The Kier molecular flexibility index (Phi) is 2.63. The third kappa shape index (κ3) is 1.68. The second-order valence-electron chi connectivity index (χ2n) is 5.79. The van der Waals surface area contributed by atoms with Crippen molar-refractivity contribution in [3.8, 4) is 17.5 Å². The first-order chi connectivity index (χ1) is 9.86. The minimum Gasteiger partial charge on any atom is -0.327 e. The van der Waals surface area contributed by atoms with Gasteiger partial charge in [-0.25, -0.2) is 4.98 Å². The molecule has 0 N–H and O–H groups in total. The Balaban J connectivity index is 1.86. The summed E-state index contributed by atoms with van der Waals surface area (Å²) in [5.74, 6) is 0.992. The molecule has 1 aromatic heterocycles. The van der Waals surface area contributed by atoms with Crippen LogP contribution in [0.1, 0.15) is 41.8 Å². The number of hydrogen-bond donors (Lipinski definition) is 0. The number of benzene rings is 1. The van der Waals surface area contributed by atoms with Crippen molar-refractivity contribution in [2.24, 2.45) is 0 Å². The van der Waals surface area contributed by atoms with E-state index >= 15 is 0 Å². The zero-order chi connectivity index (χ0) is 13.5. The molecule has 0 radical (unpaired) electrons. The van der Waals surface area contributed by atoms with Gasteiger partial charge in [0.1, 0.15) is 11.9 Å². The predicted molar refractivity (Wildman–Crippen MR) is 77.3 cm³/mol. The van der Waals surface area contributed by atoms with Crippen molar-refractivity contribution < 1.29 is 0 Å². The number of aryl methyl sites for hydroxylation is 2. The third-order valence-electron chi connectivity index (χ3n) is 4.58. The first kappa shape index (κ1) is 11.7. The van der Waals surface area contributed by atoms with E-state index in [1.807, 2.05) is 0 Å². The van der Waals surface area contributed by atoms with Crippen molar-refractivity contribution in [1.29, 1.82) is 5.26 Å². The number of rotatable bonds is 1. The highest BCUT2D eigenvalue weighted by Crippen LogP contribution is 2.31. The van der Waals surface area contributed by atoms with E-state index in [-0.39, 0.29) is 0 Å². The second-order valence-corrected chi connectivity index (χ2v) is 5.79. The normalized spacial score (nSPS) is 16.6. The van der Waals surface area contributed by atoms with Gasteiger partial charge in [0, 0.05) is 12.1 Å². The van der Waals surface area contributed by atoms with E-state index in [1.165, 1.54) is 48.8 Å². The van der Waals surface area contributed by atoms with E-state index in [9.17, 15) is 5.26 Å². The molecule has 2 heterocycles. The third-order valence-corrected chi connectivity index (χ3v) is 4.58. The Hall–Kier alpha value is -2.08. The standard InChI is InChI=1S/C17H17N3/c18-11-15-16-6-1-2-9-20(16)17(19-15)14-8-7-12-4-3-5-13(12)10-14/h7-8,10H,1-6,9H2. The number of nitrogens with zero attached hydrogens (tertiary/aromatic N) is 3. The summed E-state index contributed by atoms with van der Waals surface area (Å²) in [6.07, 6.45) is 7.00. The van der Waals surface area contributed by atoms with Crippen LogP contribution in [-0.2, 0) is 25.8 Å². The molecule has 2 aromatic rings. The lowest BCUT2D eigenvalue weighted by atomic mass is 10.1. The highest BCUT2D eigenvalue weighted by atomic mass is 15.1. The van der Waals surface area contributed by atoms with E-state index in [4.69, 9.17) is 0 Å². The molecule has 0 bridgehead atoms. The average Bonchev–Trinajstić information content (AvgIpc) is 3.10. The quantitative estimate of drug-likeness (QED) is 0.792. The van der Waals surface area contributed by atoms with Crippen molar-refractivity contribution >= 4 is 0 Å². The van der Waals surface area contributed by atoms with Crippen molar-refractivity contribution in [2.75, 3.05) is 0 Å².